The minimum atomic E-state index is -0.271. The summed E-state index contributed by atoms with van der Waals surface area (Å²) in [6, 6.07) is 8.75. The molecule has 3 nitrogen and oxygen atoms in total. The molecular weight excluding hydrogens is 279 g/mol. The molecular formula is C18H17FN2O. The Bertz CT molecular complexity index is 747. The molecule has 0 saturated carbocycles. The summed E-state index contributed by atoms with van der Waals surface area (Å²) >= 11 is 0. The molecule has 4 heteroatoms. The predicted molar refractivity (Wildman–Crippen MR) is 83.1 cm³/mol. The molecule has 0 spiro atoms. The fourth-order valence-electron chi connectivity index (χ4n) is 3.22. The van der Waals surface area contributed by atoms with Crippen LogP contribution in [0.5, 0.6) is 5.75 Å². The first-order valence-corrected chi connectivity index (χ1v) is 7.62. The summed E-state index contributed by atoms with van der Waals surface area (Å²) < 4.78 is 19.5. The predicted octanol–water partition coefficient (Wildman–Crippen LogP) is 3.30. The maximum atomic E-state index is 13.6. The van der Waals surface area contributed by atoms with Gasteiger partial charge in [-0.05, 0) is 44.1 Å². The van der Waals surface area contributed by atoms with E-state index in [1.807, 2.05) is 24.4 Å². The summed E-state index contributed by atoms with van der Waals surface area (Å²) in [5.74, 6) is 0.339. The van der Waals surface area contributed by atoms with Crippen molar-refractivity contribution < 1.29 is 9.13 Å². The van der Waals surface area contributed by atoms with Gasteiger partial charge in [0, 0.05) is 29.0 Å². The van der Waals surface area contributed by atoms with Crippen LogP contribution in [-0.2, 0) is 6.61 Å². The van der Waals surface area contributed by atoms with Crippen molar-refractivity contribution in [2.24, 2.45) is 0 Å². The van der Waals surface area contributed by atoms with Crippen molar-refractivity contribution in [2.75, 3.05) is 13.1 Å². The van der Waals surface area contributed by atoms with Crippen LogP contribution in [-0.4, -0.2) is 18.1 Å². The Labute approximate surface area is 128 Å². The number of nitrogens with one attached hydrogen (secondary N) is 1. The average molecular weight is 296 g/mol. The van der Waals surface area contributed by atoms with Crippen LogP contribution in [0.1, 0.15) is 29.7 Å². The molecule has 0 aliphatic carbocycles. The van der Waals surface area contributed by atoms with Crippen molar-refractivity contribution in [3.05, 3.63) is 64.7 Å². The number of halogens is 1. The molecule has 22 heavy (non-hydrogen) atoms. The highest BCUT2D eigenvalue weighted by molar-refractivity contribution is 5.85. The molecule has 0 bridgehead atoms. The van der Waals surface area contributed by atoms with E-state index in [1.165, 1.54) is 17.7 Å². The molecule has 0 amide bonds. The number of fused-ring (bicyclic) bond motifs is 2. The first-order chi connectivity index (χ1) is 10.8. The third kappa shape index (κ3) is 2.29. The van der Waals surface area contributed by atoms with Crippen molar-refractivity contribution in [1.82, 2.24) is 10.3 Å². The van der Waals surface area contributed by atoms with Crippen molar-refractivity contribution in [2.45, 2.75) is 19.4 Å². The standard InChI is InChI=1S/C18H17FN2O/c19-14-3-4-15-16(10-14)22-11-13-2-1-7-21-18(13)17(15)12-5-8-20-9-6-12/h1-4,7,10,20H,5-6,8-9,11H2. The van der Waals surface area contributed by atoms with Gasteiger partial charge in [-0.1, -0.05) is 11.6 Å². The van der Waals surface area contributed by atoms with E-state index in [1.54, 1.807) is 0 Å². The van der Waals surface area contributed by atoms with Crippen LogP contribution in [0.2, 0.25) is 0 Å². The van der Waals surface area contributed by atoms with Crippen LogP contribution in [0.3, 0.4) is 0 Å². The summed E-state index contributed by atoms with van der Waals surface area (Å²) in [5.41, 5.74) is 5.49. The van der Waals surface area contributed by atoms with Gasteiger partial charge in [-0.25, -0.2) is 4.39 Å². The van der Waals surface area contributed by atoms with Gasteiger partial charge in [0.15, 0.2) is 0 Å². The zero-order chi connectivity index (χ0) is 14.9. The molecule has 1 aromatic heterocycles. The molecule has 2 aromatic rings. The molecule has 2 aliphatic rings. The maximum absolute atomic E-state index is 13.6. The Balaban J connectivity index is 1.98. The van der Waals surface area contributed by atoms with Gasteiger partial charge in [0.25, 0.3) is 0 Å². The first-order valence-electron chi connectivity index (χ1n) is 7.62. The number of hydrogen-bond acceptors (Lipinski definition) is 3. The highest BCUT2D eigenvalue weighted by atomic mass is 19.1. The van der Waals surface area contributed by atoms with Crippen molar-refractivity contribution in [3.8, 4) is 5.75 Å². The maximum Gasteiger partial charge on any atom is 0.130 e. The van der Waals surface area contributed by atoms with E-state index in [2.05, 4.69) is 10.3 Å². The second kappa shape index (κ2) is 5.54. The van der Waals surface area contributed by atoms with Gasteiger partial charge >= 0.3 is 0 Å². The number of aromatic nitrogens is 1. The monoisotopic (exact) mass is 296 g/mol. The lowest BCUT2D eigenvalue weighted by Crippen LogP contribution is -2.24. The molecule has 0 atom stereocenters. The van der Waals surface area contributed by atoms with Crippen molar-refractivity contribution in [1.29, 1.82) is 0 Å². The number of ether oxygens (including phenoxy) is 1. The van der Waals surface area contributed by atoms with Crippen LogP contribution in [0.15, 0.2) is 42.1 Å². The van der Waals surface area contributed by atoms with Crippen LogP contribution in [0.4, 0.5) is 4.39 Å². The van der Waals surface area contributed by atoms with Gasteiger partial charge < -0.3 is 10.1 Å². The van der Waals surface area contributed by atoms with Crippen LogP contribution in [0, 0.1) is 5.82 Å². The Morgan fingerprint density at radius 1 is 1.14 bits per heavy atom. The van der Waals surface area contributed by atoms with E-state index in [0.717, 1.165) is 48.3 Å². The highest BCUT2D eigenvalue weighted by Crippen LogP contribution is 2.39. The minimum absolute atomic E-state index is 0.271. The SMILES string of the molecule is Fc1ccc2c(c1)OCc1cccnc1C2=C1CCNCC1. The van der Waals surface area contributed by atoms with Gasteiger partial charge in [-0.3, -0.25) is 4.98 Å². The number of pyridine rings is 1. The molecule has 3 heterocycles. The number of rotatable bonds is 0. The molecule has 4 rings (SSSR count). The minimum Gasteiger partial charge on any atom is -0.488 e. The zero-order valence-electron chi connectivity index (χ0n) is 12.2. The van der Waals surface area contributed by atoms with Crippen molar-refractivity contribution >= 4 is 5.57 Å². The second-order valence-corrected chi connectivity index (χ2v) is 5.67. The number of nitrogens with zero attached hydrogens (tertiary/aromatic N) is 1. The van der Waals surface area contributed by atoms with Gasteiger partial charge in [0.05, 0.1) is 5.69 Å². The summed E-state index contributed by atoms with van der Waals surface area (Å²) in [7, 11) is 0. The Hall–Kier alpha value is -2.20. The van der Waals surface area contributed by atoms with Crippen LogP contribution in [0.25, 0.3) is 5.57 Å². The van der Waals surface area contributed by atoms with Crippen molar-refractivity contribution in [3.63, 3.8) is 0 Å². The molecule has 1 fully saturated rings. The average Bonchev–Trinajstić information content (AvgIpc) is 2.72. The van der Waals surface area contributed by atoms with E-state index < -0.39 is 0 Å². The lowest BCUT2D eigenvalue weighted by molar-refractivity contribution is 0.305. The van der Waals surface area contributed by atoms with Gasteiger partial charge in [0.1, 0.15) is 18.2 Å². The summed E-state index contributed by atoms with van der Waals surface area (Å²) in [4.78, 5) is 4.61. The Morgan fingerprint density at radius 2 is 2.00 bits per heavy atom. The third-order valence-corrected chi connectivity index (χ3v) is 4.28. The fourth-order valence-corrected chi connectivity index (χ4v) is 3.22. The molecule has 0 radical (unpaired) electrons. The summed E-state index contributed by atoms with van der Waals surface area (Å²) in [5, 5.41) is 3.38. The van der Waals surface area contributed by atoms with E-state index in [4.69, 9.17) is 4.74 Å². The lowest BCUT2D eigenvalue weighted by Gasteiger charge is -2.21. The second-order valence-electron chi connectivity index (χ2n) is 5.67. The molecule has 1 N–H and O–H groups in total. The molecule has 112 valence electrons. The number of piperidine rings is 1. The van der Waals surface area contributed by atoms with Gasteiger partial charge in [-0.2, -0.15) is 0 Å². The zero-order valence-corrected chi connectivity index (χ0v) is 12.2. The number of benzene rings is 1. The molecule has 0 unspecified atom stereocenters. The number of hydrogen-bond donors (Lipinski definition) is 1. The largest absolute Gasteiger partial charge is 0.488 e. The summed E-state index contributed by atoms with van der Waals surface area (Å²) in [6.07, 6.45) is 3.79. The Morgan fingerprint density at radius 3 is 2.86 bits per heavy atom. The van der Waals surface area contributed by atoms with Crippen LogP contribution < -0.4 is 10.1 Å². The lowest BCUT2D eigenvalue weighted by atomic mass is 9.89. The molecule has 2 aliphatic heterocycles. The Kier molecular flexibility index (Phi) is 3.39. The normalized spacial score (nSPS) is 17.3. The quantitative estimate of drug-likeness (QED) is 0.810. The smallest absolute Gasteiger partial charge is 0.130 e. The summed E-state index contributed by atoms with van der Waals surface area (Å²) in [6.45, 7) is 2.37. The third-order valence-electron chi connectivity index (χ3n) is 4.28. The first kappa shape index (κ1) is 13.5. The van der Waals surface area contributed by atoms with E-state index in [-0.39, 0.29) is 5.82 Å². The molecule has 1 aromatic carbocycles. The van der Waals surface area contributed by atoms with Gasteiger partial charge in [-0.15, -0.1) is 0 Å². The van der Waals surface area contributed by atoms with E-state index in [9.17, 15) is 4.39 Å². The van der Waals surface area contributed by atoms with E-state index >= 15 is 0 Å². The van der Waals surface area contributed by atoms with Gasteiger partial charge in [0.2, 0.25) is 0 Å². The highest BCUT2D eigenvalue weighted by Gasteiger charge is 2.24. The fraction of sp³-hybridized carbons (Fsp3) is 0.278. The van der Waals surface area contributed by atoms with E-state index in [0.29, 0.717) is 12.4 Å². The topological polar surface area (TPSA) is 34.1 Å². The van der Waals surface area contributed by atoms with Crippen LogP contribution >= 0.6 is 0 Å². The molecule has 1 saturated heterocycles.